The monoisotopic (exact) mass is 608 g/mol. The number of nitrogens with two attached hydrogens (primary N) is 4. The average Bonchev–Trinajstić information content (AvgIpc) is 3.05. The highest BCUT2D eigenvalue weighted by molar-refractivity contribution is 5.98. The molecule has 0 heterocycles. The molecule has 0 saturated heterocycles. The minimum atomic E-state index is 0.601. The summed E-state index contributed by atoms with van der Waals surface area (Å²) in [4.78, 5) is 9.03. The molecule has 8 heteroatoms. The number of rotatable bonds is 27. The fourth-order valence-electron chi connectivity index (χ4n) is 4.89. The molecule has 8 nitrogen and oxygen atoms in total. The highest BCUT2D eigenvalue weighted by Gasteiger charge is 2.02. The van der Waals surface area contributed by atoms with Crippen molar-refractivity contribution in [2.24, 2.45) is 32.9 Å². The van der Waals surface area contributed by atoms with Crippen LogP contribution in [0.2, 0.25) is 0 Å². The number of unbranched alkanes of at least 4 members (excludes halogenated alkanes) is 13. The molecule has 0 bridgehead atoms. The predicted octanol–water partition coefficient (Wildman–Crippen LogP) is 6.71. The van der Waals surface area contributed by atoms with Crippen LogP contribution in [0.15, 0.2) is 58.5 Å². The summed E-state index contributed by atoms with van der Waals surface area (Å²) in [6.45, 7) is 4.58. The minimum Gasteiger partial charge on any atom is -0.494 e. The first-order valence-corrected chi connectivity index (χ1v) is 17.1. The Bertz CT molecular complexity index is 940. The average molecular weight is 609 g/mol. The van der Waals surface area contributed by atoms with Gasteiger partial charge in [0, 0.05) is 24.2 Å². The number of hydrogen-bond acceptors (Lipinski definition) is 6. The maximum absolute atomic E-state index is 6.15. The number of benzene rings is 2. The molecule has 0 aliphatic rings. The van der Waals surface area contributed by atoms with Gasteiger partial charge in [0.1, 0.15) is 23.2 Å². The zero-order valence-electron chi connectivity index (χ0n) is 27.2. The highest BCUT2D eigenvalue weighted by atomic mass is 16.5. The minimum absolute atomic E-state index is 0.601. The van der Waals surface area contributed by atoms with Gasteiger partial charge in [-0.15, -0.1) is 0 Å². The Morgan fingerprint density at radius 3 is 1.11 bits per heavy atom. The molecular weight excluding hydrogens is 548 g/mol. The molecule has 246 valence electrons. The first-order valence-electron chi connectivity index (χ1n) is 17.1. The molecule has 0 radical (unpaired) electrons. The second kappa shape index (κ2) is 25.2. The van der Waals surface area contributed by atoms with Crippen LogP contribution in [0.1, 0.15) is 114 Å². The van der Waals surface area contributed by atoms with E-state index in [-0.39, 0.29) is 0 Å². The third-order valence-corrected chi connectivity index (χ3v) is 7.67. The third-order valence-electron chi connectivity index (χ3n) is 7.67. The van der Waals surface area contributed by atoms with E-state index < -0.39 is 0 Å². The molecule has 0 aliphatic carbocycles. The van der Waals surface area contributed by atoms with Gasteiger partial charge < -0.3 is 32.4 Å². The Kier molecular flexibility index (Phi) is 21.3. The molecule has 2 rings (SSSR count). The molecule has 0 unspecified atom stereocenters. The summed E-state index contributed by atoms with van der Waals surface area (Å²) in [7, 11) is 0. The van der Waals surface area contributed by atoms with Crippen molar-refractivity contribution in [2.75, 3.05) is 39.4 Å². The van der Waals surface area contributed by atoms with Crippen molar-refractivity contribution in [1.29, 1.82) is 0 Å². The zero-order chi connectivity index (χ0) is 31.5. The molecule has 2 aromatic rings. The van der Waals surface area contributed by atoms with Gasteiger partial charge in [0.2, 0.25) is 0 Å². The summed E-state index contributed by atoms with van der Waals surface area (Å²) in [5, 5.41) is 0. The molecule has 0 fully saturated rings. The molecule has 0 amide bonds. The van der Waals surface area contributed by atoms with Crippen LogP contribution in [0.4, 0.5) is 0 Å². The van der Waals surface area contributed by atoms with Crippen LogP contribution >= 0.6 is 0 Å². The molecule has 44 heavy (non-hydrogen) atoms. The van der Waals surface area contributed by atoms with Crippen molar-refractivity contribution in [3.63, 3.8) is 0 Å². The molecule has 8 N–H and O–H groups in total. The van der Waals surface area contributed by atoms with Crippen molar-refractivity contribution < 1.29 is 9.47 Å². The second-order valence-corrected chi connectivity index (χ2v) is 11.5. The van der Waals surface area contributed by atoms with Gasteiger partial charge in [0.05, 0.1) is 13.2 Å². The molecule has 0 atom stereocenters. The van der Waals surface area contributed by atoms with Crippen LogP contribution in [-0.2, 0) is 0 Å². The Morgan fingerprint density at radius 2 is 0.750 bits per heavy atom. The quantitative estimate of drug-likeness (QED) is 0.0503. The van der Waals surface area contributed by atoms with Gasteiger partial charge in [-0.3, -0.25) is 9.98 Å². The van der Waals surface area contributed by atoms with Crippen molar-refractivity contribution in [3.05, 3.63) is 59.7 Å². The fourth-order valence-corrected chi connectivity index (χ4v) is 4.89. The van der Waals surface area contributed by atoms with Gasteiger partial charge >= 0.3 is 0 Å². The molecular formula is C36H60N6O2. The molecule has 2 aromatic carbocycles. The van der Waals surface area contributed by atoms with Crippen LogP contribution in [0, 0.1) is 0 Å². The largest absolute Gasteiger partial charge is 0.494 e. The SMILES string of the molecule is NCCCCCCCN=C(N)c1ccc(OCCCCCCCCOc2ccc(C(N)=NCCCCCCCN)cc2)cc1. The van der Waals surface area contributed by atoms with Gasteiger partial charge in [-0.1, -0.05) is 64.2 Å². The first kappa shape index (κ1) is 37.1. The van der Waals surface area contributed by atoms with E-state index in [0.717, 1.165) is 101 Å². The van der Waals surface area contributed by atoms with E-state index in [0.29, 0.717) is 11.7 Å². The van der Waals surface area contributed by atoms with E-state index in [9.17, 15) is 0 Å². The van der Waals surface area contributed by atoms with Crippen LogP contribution in [-0.4, -0.2) is 51.1 Å². The van der Waals surface area contributed by atoms with Crippen molar-refractivity contribution >= 4 is 11.7 Å². The topological polar surface area (TPSA) is 147 Å². The Hall–Kier alpha value is -3.10. The van der Waals surface area contributed by atoms with E-state index in [4.69, 9.17) is 32.4 Å². The molecule has 0 aromatic heterocycles. The number of hydrogen-bond donors (Lipinski definition) is 4. The Labute approximate surface area is 267 Å². The van der Waals surface area contributed by atoms with E-state index >= 15 is 0 Å². The number of aliphatic imine (C=N–C) groups is 2. The summed E-state index contributed by atoms with van der Waals surface area (Å²) in [5.74, 6) is 2.96. The van der Waals surface area contributed by atoms with Gasteiger partial charge in [-0.25, -0.2) is 0 Å². The van der Waals surface area contributed by atoms with Crippen LogP contribution in [0.25, 0.3) is 0 Å². The smallest absolute Gasteiger partial charge is 0.125 e. The number of nitrogens with zero attached hydrogens (tertiary/aromatic N) is 2. The fraction of sp³-hybridized carbons (Fsp3) is 0.611. The number of ether oxygens (including phenoxy) is 2. The number of amidine groups is 2. The standard InChI is InChI=1S/C36H60N6O2/c37-25-11-5-3-7-13-27-41-35(39)31-17-21-33(22-18-31)43-29-15-9-1-2-10-16-30-44-34-23-19-32(20-24-34)36(40)42-28-14-8-4-6-12-26-38/h17-24H,1-16,25-30,37-38H2,(H2,39,41)(H2,40,42). The van der Waals surface area contributed by atoms with E-state index in [1.165, 1.54) is 64.2 Å². The summed E-state index contributed by atoms with van der Waals surface area (Å²) < 4.78 is 11.8. The Balaban J connectivity index is 1.46. The van der Waals surface area contributed by atoms with Gasteiger partial charge in [0.25, 0.3) is 0 Å². The maximum atomic E-state index is 6.15. The third kappa shape index (κ3) is 17.9. The van der Waals surface area contributed by atoms with E-state index in [1.54, 1.807) is 0 Å². The van der Waals surface area contributed by atoms with Crippen LogP contribution in [0.5, 0.6) is 11.5 Å². The molecule has 0 spiro atoms. The van der Waals surface area contributed by atoms with Crippen molar-refractivity contribution in [3.8, 4) is 11.5 Å². The van der Waals surface area contributed by atoms with Crippen molar-refractivity contribution in [1.82, 2.24) is 0 Å². The predicted molar refractivity (Wildman–Crippen MR) is 187 cm³/mol. The van der Waals surface area contributed by atoms with E-state index in [1.807, 2.05) is 48.5 Å². The molecule has 0 aliphatic heterocycles. The molecule has 0 saturated carbocycles. The lowest BCUT2D eigenvalue weighted by molar-refractivity contribution is 0.297. The van der Waals surface area contributed by atoms with Gasteiger partial charge in [-0.05, 0) is 100 Å². The summed E-state index contributed by atoms with van der Waals surface area (Å²) in [6.07, 6.45) is 18.4. The van der Waals surface area contributed by atoms with Crippen LogP contribution in [0.3, 0.4) is 0 Å². The van der Waals surface area contributed by atoms with Gasteiger partial charge in [0.15, 0.2) is 0 Å². The lowest BCUT2D eigenvalue weighted by atomic mass is 10.1. The normalized spacial score (nSPS) is 12.0. The maximum Gasteiger partial charge on any atom is 0.125 e. The van der Waals surface area contributed by atoms with Crippen LogP contribution < -0.4 is 32.4 Å². The summed E-state index contributed by atoms with van der Waals surface area (Å²) in [6, 6.07) is 15.9. The lowest BCUT2D eigenvalue weighted by Crippen LogP contribution is -2.14. The second-order valence-electron chi connectivity index (χ2n) is 11.5. The summed E-state index contributed by atoms with van der Waals surface area (Å²) in [5.41, 5.74) is 25.3. The summed E-state index contributed by atoms with van der Waals surface area (Å²) >= 11 is 0. The lowest BCUT2D eigenvalue weighted by Gasteiger charge is -2.08. The van der Waals surface area contributed by atoms with E-state index in [2.05, 4.69) is 9.98 Å². The first-order chi connectivity index (χ1) is 21.6. The van der Waals surface area contributed by atoms with Gasteiger partial charge in [-0.2, -0.15) is 0 Å². The Morgan fingerprint density at radius 1 is 0.432 bits per heavy atom. The highest BCUT2D eigenvalue weighted by Crippen LogP contribution is 2.15. The van der Waals surface area contributed by atoms with Crippen molar-refractivity contribution in [2.45, 2.75) is 103 Å². The zero-order valence-corrected chi connectivity index (χ0v) is 27.2.